The smallest absolute Gasteiger partial charge is 0.262 e. The maximum Gasteiger partial charge on any atom is 0.262 e. The van der Waals surface area contributed by atoms with Crippen LogP contribution in [-0.2, 0) is 4.79 Å². The number of anilines is 2. The molecule has 0 aromatic heterocycles. The first-order valence-corrected chi connectivity index (χ1v) is 4.02. The minimum absolute atomic E-state index is 0.0325. The van der Waals surface area contributed by atoms with Crippen LogP contribution in [0, 0.1) is 0 Å². The molecule has 1 aliphatic heterocycles. The predicted molar refractivity (Wildman–Crippen MR) is 50.4 cm³/mol. The van der Waals surface area contributed by atoms with E-state index in [0.29, 0.717) is 29.0 Å². The second-order valence-electron chi connectivity index (χ2n) is 2.93. The van der Waals surface area contributed by atoms with Gasteiger partial charge in [0.05, 0.1) is 5.69 Å². The fraction of sp³-hybridized carbons (Fsp3) is 0.111. The highest BCUT2D eigenvalue weighted by Crippen LogP contribution is 2.31. The van der Waals surface area contributed by atoms with Crippen molar-refractivity contribution in [3.63, 3.8) is 0 Å². The number of nitrogens with one attached hydrogen (secondary N) is 1. The van der Waals surface area contributed by atoms with Gasteiger partial charge in [0, 0.05) is 11.3 Å². The fourth-order valence-electron chi connectivity index (χ4n) is 1.26. The van der Waals surface area contributed by atoms with Crippen LogP contribution in [0.5, 0.6) is 5.75 Å². The van der Waals surface area contributed by atoms with E-state index in [1.165, 1.54) is 12.1 Å². The molecule has 1 aliphatic rings. The third-order valence-corrected chi connectivity index (χ3v) is 1.95. The van der Waals surface area contributed by atoms with E-state index >= 15 is 0 Å². The summed E-state index contributed by atoms with van der Waals surface area (Å²) in [4.78, 5) is 21.5. The van der Waals surface area contributed by atoms with Crippen LogP contribution in [0.15, 0.2) is 12.1 Å². The summed E-state index contributed by atoms with van der Waals surface area (Å²) in [5, 5.41) is 2.59. The molecule has 0 spiro atoms. The monoisotopic (exact) mass is 192 g/mol. The van der Waals surface area contributed by atoms with E-state index < -0.39 is 0 Å². The van der Waals surface area contributed by atoms with E-state index in [9.17, 15) is 9.59 Å². The number of benzene rings is 1. The summed E-state index contributed by atoms with van der Waals surface area (Å²) in [6, 6.07) is 3.02. The lowest BCUT2D eigenvalue weighted by molar-refractivity contribution is -0.118. The minimum Gasteiger partial charge on any atom is -0.482 e. The summed E-state index contributed by atoms with van der Waals surface area (Å²) in [5.41, 5.74) is 6.75. The number of rotatable bonds is 1. The normalized spacial score (nSPS) is 13.9. The minimum atomic E-state index is -0.226. The van der Waals surface area contributed by atoms with Gasteiger partial charge in [-0.2, -0.15) is 0 Å². The van der Waals surface area contributed by atoms with Crippen molar-refractivity contribution in [3.05, 3.63) is 17.7 Å². The number of carbonyl (C=O) groups is 2. The molecule has 5 heteroatoms. The molecule has 1 heterocycles. The van der Waals surface area contributed by atoms with Gasteiger partial charge in [0.2, 0.25) is 0 Å². The molecule has 72 valence electrons. The van der Waals surface area contributed by atoms with Gasteiger partial charge in [-0.1, -0.05) is 0 Å². The van der Waals surface area contributed by atoms with Crippen molar-refractivity contribution >= 4 is 23.6 Å². The largest absolute Gasteiger partial charge is 0.482 e. The van der Waals surface area contributed by atoms with Gasteiger partial charge in [0.15, 0.2) is 12.9 Å². The van der Waals surface area contributed by atoms with E-state index in [1.807, 2.05) is 0 Å². The van der Waals surface area contributed by atoms with Gasteiger partial charge in [-0.3, -0.25) is 9.59 Å². The Hall–Kier alpha value is -2.04. The summed E-state index contributed by atoms with van der Waals surface area (Å²) < 4.78 is 5.11. The van der Waals surface area contributed by atoms with Crippen molar-refractivity contribution in [2.45, 2.75) is 0 Å². The highest BCUT2D eigenvalue weighted by Gasteiger charge is 2.17. The Morgan fingerprint density at radius 2 is 2.29 bits per heavy atom. The third-order valence-electron chi connectivity index (χ3n) is 1.95. The van der Waals surface area contributed by atoms with Crippen molar-refractivity contribution in [3.8, 4) is 5.75 Å². The van der Waals surface area contributed by atoms with Crippen LogP contribution in [0.3, 0.4) is 0 Å². The fourth-order valence-corrected chi connectivity index (χ4v) is 1.26. The number of nitrogen functional groups attached to an aromatic ring is 1. The molecule has 1 aromatic rings. The van der Waals surface area contributed by atoms with Crippen LogP contribution in [0.1, 0.15) is 10.4 Å². The summed E-state index contributed by atoms with van der Waals surface area (Å²) >= 11 is 0. The number of ether oxygens (including phenoxy) is 1. The maximum absolute atomic E-state index is 10.9. The molecular weight excluding hydrogens is 184 g/mol. The molecule has 0 bridgehead atoms. The molecule has 0 saturated heterocycles. The summed E-state index contributed by atoms with van der Waals surface area (Å²) in [6.45, 7) is -0.0325. The Labute approximate surface area is 79.8 Å². The Morgan fingerprint density at radius 3 is 3.00 bits per heavy atom. The number of hydrogen-bond donors (Lipinski definition) is 2. The van der Waals surface area contributed by atoms with Gasteiger partial charge in [-0.05, 0) is 12.1 Å². The quantitative estimate of drug-likeness (QED) is 0.498. The molecule has 5 nitrogen and oxygen atoms in total. The van der Waals surface area contributed by atoms with Crippen LogP contribution < -0.4 is 15.8 Å². The Bertz CT molecular complexity index is 415. The molecule has 0 fully saturated rings. The van der Waals surface area contributed by atoms with Crippen LogP contribution in [0.2, 0.25) is 0 Å². The topological polar surface area (TPSA) is 81.4 Å². The van der Waals surface area contributed by atoms with Gasteiger partial charge in [0.1, 0.15) is 5.75 Å². The first kappa shape index (κ1) is 8.55. The van der Waals surface area contributed by atoms with Crippen LogP contribution in [0.4, 0.5) is 11.4 Å². The zero-order valence-electron chi connectivity index (χ0n) is 7.24. The summed E-state index contributed by atoms with van der Waals surface area (Å²) in [6.07, 6.45) is 0.648. The first-order chi connectivity index (χ1) is 6.70. The molecule has 1 amide bonds. The van der Waals surface area contributed by atoms with Crippen molar-refractivity contribution in [2.24, 2.45) is 0 Å². The van der Waals surface area contributed by atoms with E-state index in [0.717, 1.165) is 0 Å². The number of amides is 1. The van der Waals surface area contributed by atoms with Crippen molar-refractivity contribution < 1.29 is 14.3 Å². The molecule has 1 aromatic carbocycles. The van der Waals surface area contributed by atoms with E-state index in [4.69, 9.17) is 10.5 Å². The first-order valence-electron chi connectivity index (χ1n) is 4.02. The third kappa shape index (κ3) is 1.28. The Balaban J connectivity index is 2.50. The Kier molecular flexibility index (Phi) is 1.85. The van der Waals surface area contributed by atoms with Crippen molar-refractivity contribution in [2.75, 3.05) is 17.7 Å². The average Bonchev–Trinajstić information content (AvgIpc) is 2.16. The van der Waals surface area contributed by atoms with Crippen LogP contribution >= 0.6 is 0 Å². The molecule has 3 N–H and O–H groups in total. The van der Waals surface area contributed by atoms with Crippen LogP contribution in [0.25, 0.3) is 0 Å². The SMILES string of the molecule is Nc1cc2c(cc1C=O)OCC(=O)N2. The molecule has 0 aliphatic carbocycles. The zero-order valence-corrected chi connectivity index (χ0v) is 7.24. The van der Waals surface area contributed by atoms with Crippen LogP contribution in [-0.4, -0.2) is 18.8 Å². The number of hydrogen-bond acceptors (Lipinski definition) is 4. The van der Waals surface area contributed by atoms with E-state index in [-0.39, 0.29) is 12.5 Å². The highest BCUT2D eigenvalue weighted by atomic mass is 16.5. The molecule has 0 atom stereocenters. The average molecular weight is 192 g/mol. The predicted octanol–water partition coefficient (Wildman–Crippen LogP) is 0.412. The van der Waals surface area contributed by atoms with Crippen molar-refractivity contribution in [1.82, 2.24) is 0 Å². The number of carbonyl (C=O) groups excluding carboxylic acids is 2. The van der Waals surface area contributed by atoms with E-state index in [2.05, 4.69) is 5.32 Å². The number of fused-ring (bicyclic) bond motifs is 1. The lowest BCUT2D eigenvalue weighted by Crippen LogP contribution is -2.25. The lowest BCUT2D eigenvalue weighted by atomic mass is 10.1. The molecule has 0 saturated carbocycles. The molecular formula is C9H8N2O3. The summed E-state index contributed by atoms with van der Waals surface area (Å²) in [5.74, 6) is 0.247. The standard InChI is InChI=1S/C9H8N2O3/c10-6-2-7-8(1-5(6)3-12)14-4-9(13)11-7/h1-3H,4,10H2,(H,11,13). The number of aldehydes is 1. The maximum atomic E-state index is 10.9. The second-order valence-corrected chi connectivity index (χ2v) is 2.93. The van der Waals surface area contributed by atoms with Gasteiger partial charge in [-0.25, -0.2) is 0 Å². The van der Waals surface area contributed by atoms with Crippen molar-refractivity contribution in [1.29, 1.82) is 0 Å². The van der Waals surface area contributed by atoms with Gasteiger partial charge in [0.25, 0.3) is 5.91 Å². The summed E-state index contributed by atoms with van der Waals surface area (Å²) in [7, 11) is 0. The highest BCUT2D eigenvalue weighted by molar-refractivity contribution is 5.97. The second kappa shape index (κ2) is 3.02. The van der Waals surface area contributed by atoms with Gasteiger partial charge in [-0.15, -0.1) is 0 Å². The number of nitrogens with two attached hydrogens (primary N) is 1. The zero-order chi connectivity index (χ0) is 10.1. The Morgan fingerprint density at radius 1 is 1.50 bits per heavy atom. The molecule has 14 heavy (non-hydrogen) atoms. The van der Waals surface area contributed by atoms with Gasteiger partial charge >= 0.3 is 0 Å². The van der Waals surface area contributed by atoms with E-state index in [1.54, 1.807) is 0 Å². The lowest BCUT2D eigenvalue weighted by Gasteiger charge is -2.18. The van der Waals surface area contributed by atoms with Gasteiger partial charge < -0.3 is 15.8 Å². The molecule has 0 unspecified atom stereocenters. The molecule has 2 rings (SSSR count). The molecule has 0 radical (unpaired) electrons.